The minimum Gasteiger partial charge on any atom is -0.352 e. The molecule has 1 aromatic carbocycles. The molecule has 1 aromatic rings. The Morgan fingerprint density at radius 1 is 1.28 bits per heavy atom. The number of benzene rings is 1. The largest absolute Gasteiger partial charge is 0.352 e. The van der Waals surface area contributed by atoms with Crippen LogP contribution in [0.4, 0.5) is 0 Å². The van der Waals surface area contributed by atoms with Gasteiger partial charge in [-0.25, -0.2) is 0 Å². The van der Waals surface area contributed by atoms with E-state index in [0.29, 0.717) is 31.3 Å². The van der Waals surface area contributed by atoms with Crippen LogP contribution in [0.1, 0.15) is 32.3 Å². The highest BCUT2D eigenvalue weighted by Gasteiger charge is 2.13. The van der Waals surface area contributed by atoms with Crippen LogP contribution in [0.2, 0.25) is 0 Å². The number of nitrogens with one attached hydrogen (secondary N) is 1. The summed E-state index contributed by atoms with van der Waals surface area (Å²) in [4.78, 5) is 11.8. The van der Waals surface area contributed by atoms with E-state index in [0.717, 1.165) is 12.0 Å². The number of hydrogen-bond acceptors (Lipinski definition) is 2. The average molecular weight is 248 g/mol. The highest BCUT2D eigenvalue weighted by molar-refractivity contribution is 5.76. The van der Waals surface area contributed by atoms with E-state index in [1.54, 1.807) is 0 Å². The van der Waals surface area contributed by atoms with Gasteiger partial charge in [-0.05, 0) is 30.4 Å². The molecule has 0 aliphatic carbocycles. The van der Waals surface area contributed by atoms with Crippen molar-refractivity contribution in [2.24, 2.45) is 17.6 Å². The predicted octanol–water partition coefficient (Wildman–Crippen LogP) is 2.31. The van der Waals surface area contributed by atoms with Crippen molar-refractivity contribution in [1.82, 2.24) is 5.32 Å². The van der Waals surface area contributed by atoms with Gasteiger partial charge in [0.2, 0.25) is 5.91 Å². The van der Waals surface area contributed by atoms with Gasteiger partial charge in [-0.2, -0.15) is 0 Å². The minimum absolute atomic E-state index is 0.0925. The van der Waals surface area contributed by atoms with E-state index in [4.69, 9.17) is 5.73 Å². The maximum absolute atomic E-state index is 11.8. The second-order valence-corrected chi connectivity index (χ2v) is 5.20. The zero-order valence-electron chi connectivity index (χ0n) is 11.4. The SMILES string of the molecule is CC(C)C[C@H](CN)CC(=O)NCc1ccccc1. The highest BCUT2D eigenvalue weighted by Crippen LogP contribution is 2.14. The molecule has 0 saturated carbocycles. The third kappa shape index (κ3) is 5.82. The summed E-state index contributed by atoms with van der Waals surface area (Å²) in [6, 6.07) is 9.94. The molecular weight excluding hydrogens is 224 g/mol. The van der Waals surface area contributed by atoms with Crippen LogP contribution >= 0.6 is 0 Å². The fraction of sp³-hybridized carbons (Fsp3) is 0.533. The summed E-state index contributed by atoms with van der Waals surface area (Å²) in [5, 5.41) is 2.94. The molecule has 0 fully saturated rings. The van der Waals surface area contributed by atoms with Crippen LogP contribution in [0.25, 0.3) is 0 Å². The molecule has 3 N–H and O–H groups in total. The van der Waals surface area contributed by atoms with Gasteiger partial charge < -0.3 is 11.1 Å². The van der Waals surface area contributed by atoms with Gasteiger partial charge in [0.25, 0.3) is 0 Å². The number of carbonyl (C=O) groups excluding carboxylic acids is 1. The van der Waals surface area contributed by atoms with E-state index in [1.165, 1.54) is 0 Å². The molecule has 1 rings (SSSR count). The molecule has 3 heteroatoms. The first-order valence-electron chi connectivity index (χ1n) is 6.62. The van der Waals surface area contributed by atoms with Gasteiger partial charge in [0.05, 0.1) is 0 Å². The van der Waals surface area contributed by atoms with Crippen molar-refractivity contribution >= 4 is 5.91 Å². The normalized spacial score (nSPS) is 12.4. The lowest BCUT2D eigenvalue weighted by atomic mass is 9.94. The molecule has 0 spiro atoms. The molecule has 0 unspecified atom stereocenters. The van der Waals surface area contributed by atoms with Crippen LogP contribution in [0, 0.1) is 11.8 Å². The lowest BCUT2D eigenvalue weighted by Crippen LogP contribution is -2.28. The van der Waals surface area contributed by atoms with Gasteiger partial charge in [0.1, 0.15) is 0 Å². The zero-order valence-corrected chi connectivity index (χ0v) is 11.4. The van der Waals surface area contributed by atoms with Crippen molar-refractivity contribution in [2.75, 3.05) is 6.54 Å². The van der Waals surface area contributed by atoms with Gasteiger partial charge >= 0.3 is 0 Å². The van der Waals surface area contributed by atoms with Crippen LogP contribution in [0.3, 0.4) is 0 Å². The predicted molar refractivity (Wildman–Crippen MR) is 74.9 cm³/mol. The third-order valence-corrected chi connectivity index (χ3v) is 2.94. The third-order valence-electron chi connectivity index (χ3n) is 2.94. The monoisotopic (exact) mass is 248 g/mol. The first-order valence-corrected chi connectivity index (χ1v) is 6.62. The molecule has 0 radical (unpaired) electrons. The lowest BCUT2D eigenvalue weighted by Gasteiger charge is -2.16. The number of hydrogen-bond donors (Lipinski definition) is 2. The first kappa shape index (κ1) is 14.7. The molecule has 1 amide bonds. The summed E-state index contributed by atoms with van der Waals surface area (Å²) in [5.74, 6) is 0.969. The van der Waals surface area contributed by atoms with E-state index in [2.05, 4.69) is 19.2 Å². The highest BCUT2D eigenvalue weighted by atomic mass is 16.1. The van der Waals surface area contributed by atoms with Crippen LogP contribution in [-0.4, -0.2) is 12.5 Å². The van der Waals surface area contributed by atoms with Crippen LogP contribution in [-0.2, 0) is 11.3 Å². The Morgan fingerprint density at radius 3 is 2.50 bits per heavy atom. The zero-order chi connectivity index (χ0) is 13.4. The molecule has 0 bridgehead atoms. The Hall–Kier alpha value is -1.35. The molecular formula is C15H24N2O. The van der Waals surface area contributed by atoms with Crippen molar-refractivity contribution < 1.29 is 4.79 Å². The molecule has 0 aliphatic heterocycles. The van der Waals surface area contributed by atoms with Crippen molar-refractivity contribution in [1.29, 1.82) is 0 Å². The summed E-state index contributed by atoms with van der Waals surface area (Å²) >= 11 is 0. The summed E-state index contributed by atoms with van der Waals surface area (Å²) in [6.07, 6.45) is 1.54. The minimum atomic E-state index is 0.0925. The fourth-order valence-corrected chi connectivity index (χ4v) is 2.06. The molecule has 0 heterocycles. The second kappa shape index (κ2) is 7.88. The topological polar surface area (TPSA) is 55.1 Å². The van der Waals surface area contributed by atoms with Crippen molar-refractivity contribution in [3.63, 3.8) is 0 Å². The van der Waals surface area contributed by atoms with Crippen LogP contribution in [0.5, 0.6) is 0 Å². The summed E-state index contributed by atoms with van der Waals surface area (Å²) in [6.45, 7) is 5.49. The standard InChI is InChI=1S/C15H24N2O/c1-12(2)8-14(10-16)9-15(18)17-11-13-6-4-3-5-7-13/h3-7,12,14H,8-11,16H2,1-2H3,(H,17,18)/t14-/m0/s1. The molecule has 3 nitrogen and oxygen atoms in total. The van der Waals surface area contributed by atoms with E-state index in [-0.39, 0.29) is 5.91 Å². The summed E-state index contributed by atoms with van der Waals surface area (Å²) < 4.78 is 0. The molecule has 0 aliphatic rings. The molecule has 0 aromatic heterocycles. The Kier molecular flexibility index (Phi) is 6.44. The second-order valence-electron chi connectivity index (χ2n) is 5.20. The Balaban J connectivity index is 2.32. The molecule has 100 valence electrons. The van der Waals surface area contributed by atoms with Gasteiger partial charge in [-0.3, -0.25) is 4.79 Å². The van der Waals surface area contributed by atoms with Crippen molar-refractivity contribution in [3.8, 4) is 0 Å². The number of amides is 1. The van der Waals surface area contributed by atoms with Crippen LogP contribution in [0.15, 0.2) is 30.3 Å². The number of carbonyl (C=O) groups is 1. The fourth-order valence-electron chi connectivity index (χ4n) is 2.06. The lowest BCUT2D eigenvalue weighted by molar-refractivity contribution is -0.122. The molecule has 0 saturated heterocycles. The van der Waals surface area contributed by atoms with Gasteiger partial charge in [-0.15, -0.1) is 0 Å². The Labute approximate surface area is 110 Å². The van der Waals surface area contributed by atoms with Gasteiger partial charge in [0, 0.05) is 13.0 Å². The Bertz CT molecular complexity index is 349. The maximum Gasteiger partial charge on any atom is 0.220 e. The van der Waals surface area contributed by atoms with Crippen molar-refractivity contribution in [2.45, 2.75) is 33.2 Å². The van der Waals surface area contributed by atoms with E-state index in [1.807, 2.05) is 30.3 Å². The van der Waals surface area contributed by atoms with Crippen LogP contribution < -0.4 is 11.1 Å². The summed E-state index contributed by atoms with van der Waals surface area (Å²) in [7, 11) is 0. The Morgan fingerprint density at radius 2 is 1.94 bits per heavy atom. The molecule has 1 atom stereocenters. The first-order chi connectivity index (χ1) is 8.61. The quantitative estimate of drug-likeness (QED) is 0.778. The smallest absolute Gasteiger partial charge is 0.220 e. The van der Waals surface area contributed by atoms with Crippen molar-refractivity contribution in [3.05, 3.63) is 35.9 Å². The average Bonchev–Trinajstić information content (AvgIpc) is 2.36. The van der Waals surface area contributed by atoms with E-state index < -0.39 is 0 Å². The summed E-state index contributed by atoms with van der Waals surface area (Å²) in [5.41, 5.74) is 6.82. The molecule has 18 heavy (non-hydrogen) atoms. The van der Waals surface area contributed by atoms with Gasteiger partial charge in [0.15, 0.2) is 0 Å². The van der Waals surface area contributed by atoms with Gasteiger partial charge in [-0.1, -0.05) is 44.2 Å². The number of nitrogens with two attached hydrogens (primary N) is 1. The van der Waals surface area contributed by atoms with E-state index in [9.17, 15) is 4.79 Å². The maximum atomic E-state index is 11.8. The number of rotatable bonds is 7. The van der Waals surface area contributed by atoms with E-state index >= 15 is 0 Å².